The quantitative estimate of drug-likeness (QED) is 0.415. The van der Waals surface area contributed by atoms with Gasteiger partial charge in [0.25, 0.3) is 0 Å². The fourth-order valence-corrected chi connectivity index (χ4v) is 4.58. The van der Waals surface area contributed by atoms with Crippen LogP contribution >= 0.6 is 0 Å². The lowest BCUT2D eigenvalue weighted by Crippen LogP contribution is -2.31. The lowest BCUT2D eigenvalue weighted by molar-refractivity contribution is -0.125. The summed E-state index contributed by atoms with van der Waals surface area (Å²) in [6.45, 7) is 8.75. The Bertz CT molecular complexity index is 1450. The summed E-state index contributed by atoms with van der Waals surface area (Å²) in [5.74, 6) is 1.40. The second-order valence-corrected chi connectivity index (χ2v) is 8.58. The lowest BCUT2D eigenvalue weighted by atomic mass is 10.1. The van der Waals surface area contributed by atoms with Crippen LogP contribution in [0.1, 0.15) is 23.6 Å². The highest BCUT2D eigenvalue weighted by Gasteiger charge is 2.29. The standard InChI is InChI=1S/C27H26N4O3/c1-4-26(32)29-15-13-21(17-29)31-23-12-14-28-16-24(23)30(27(31)33)20-8-10-22(11-9-20)34-25-7-5-6-18(2)19(25)3/h4-12,14,16,21H,1,13,15,17H2,2-3H3. The van der Waals surface area contributed by atoms with E-state index in [0.29, 0.717) is 25.3 Å². The number of fused-ring (bicyclic) bond motifs is 1. The summed E-state index contributed by atoms with van der Waals surface area (Å²) in [7, 11) is 0. The van der Waals surface area contributed by atoms with Crippen LogP contribution in [0.25, 0.3) is 16.7 Å². The maximum atomic E-state index is 13.6. The van der Waals surface area contributed by atoms with Crippen molar-refractivity contribution in [1.82, 2.24) is 19.0 Å². The molecule has 0 saturated carbocycles. The first-order valence-electron chi connectivity index (χ1n) is 11.3. The van der Waals surface area contributed by atoms with Crippen molar-refractivity contribution in [1.29, 1.82) is 0 Å². The molecule has 2 aromatic carbocycles. The third kappa shape index (κ3) is 3.69. The summed E-state index contributed by atoms with van der Waals surface area (Å²) in [6.07, 6.45) is 5.42. The molecule has 0 bridgehead atoms. The Morgan fingerprint density at radius 1 is 1.12 bits per heavy atom. The topological polar surface area (TPSA) is 69.4 Å². The van der Waals surface area contributed by atoms with Gasteiger partial charge in [0.2, 0.25) is 5.91 Å². The number of likely N-dealkylation sites (tertiary alicyclic amines) is 1. The van der Waals surface area contributed by atoms with Crippen molar-refractivity contribution in [3.05, 3.63) is 95.2 Å². The average molecular weight is 455 g/mol. The zero-order chi connectivity index (χ0) is 23.8. The summed E-state index contributed by atoms with van der Waals surface area (Å²) in [4.78, 5) is 31.7. The molecule has 7 nitrogen and oxygen atoms in total. The number of aryl methyl sites for hydroxylation is 1. The number of carbonyl (C=O) groups excluding carboxylic acids is 1. The third-order valence-corrected chi connectivity index (χ3v) is 6.57. The van der Waals surface area contributed by atoms with Crippen molar-refractivity contribution < 1.29 is 9.53 Å². The molecule has 1 saturated heterocycles. The van der Waals surface area contributed by atoms with E-state index in [1.807, 2.05) is 49.4 Å². The van der Waals surface area contributed by atoms with Gasteiger partial charge < -0.3 is 9.64 Å². The molecule has 1 fully saturated rings. The third-order valence-electron chi connectivity index (χ3n) is 6.57. The number of benzene rings is 2. The molecule has 3 heterocycles. The van der Waals surface area contributed by atoms with E-state index in [0.717, 1.165) is 28.0 Å². The van der Waals surface area contributed by atoms with Crippen LogP contribution in [0.4, 0.5) is 0 Å². The molecule has 0 N–H and O–H groups in total. The van der Waals surface area contributed by atoms with Gasteiger partial charge in [-0.15, -0.1) is 0 Å². The van der Waals surface area contributed by atoms with E-state index in [4.69, 9.17) is 4.74 Å². The Kier molecular flexibility index (Phi) is 5.53. The van der Waals surface area contributed by atoms with Crippen LogP contribution in [-0.2, 0) is 4.79 Å². The molecule has 1 atom stereocenters. The highest BCUT2D eigenvalue weighted by atomic mass is 16.5. The summed E-state index contributed by atoms with van der Waals surface area (Å²) >= 11 is 0. The normalized spacial score (nSPS) is 15.6. The van der Waals surface area contributed by atoms with Crippen molar-refractivity contribution in [2.45, 2.75) is 26.3 Å². The molecule has 0 spiro atoms. The number of imidazole rings is 1. The van der Waals surface area contributed by atoms with Crippen molar-refractivity contribution in [2.75, 3.05) is 13.1 Å². The number of amides is 1. The highest BCUT2D eigenvalue weighted by Crippen LogP contribution is 2.29. The largest absolute Gasteiger partial charge is 0.457 e. The van der Waals surface area contributed by atoms with Crippen molar-refractivity contribution in [2.24, 2.45) is 0 Å². The second kappa shape index (κ2) is 8.67. The molecule has 172 valence electrons. The Labute approximate surface area is 197 Å². The van der Waals surface area contributed by atoms with Gasteiger partial charge in [0, 0.05) is 19.3 Å². The number of nitrogens with zero attached hydrogens (tertiary/aromatic N) is 4. The van der Waals surface area contributed by atoms with Gasteiger partial charge in [-0.3, -0.25) is 18.9 Å². The fourth-order valence-electron chi connectivity index (χ4n) is 4.58. The van der Waals surface area contributed by atoms with Gasteiger partial charge >= 0.3 is 5.69 Å². The molecule has 7 heteroatoms. The predicted octanol–water partition coefficient (Wildman–Crippen LogP) is 4.56. The van der Waals surface area contributed by atoms with Crippen LogP contribution < -0.4 is 10.4 Å². The lowest BCUT2D eigenvalue weighted by Gasteiger charge is -2.15. The minimum Gasteiger partial charge on any atom is -0.457 e. The van der Waals surface area contributed by atoms with Crippen LogP contribution in [0.3, 0.4) is 0 Å². The SMILES string of the molecule is C=CC(=O)N1CCC(n2c(=O)n(-c3ccc(Oc4cccc(C)c4C)cc3)c3cnccc32)C1. The number of aromatic nitrogens is 3. The molecule has 0 radical (unpaired) electrons. The molecule has 1 unspecified atom stereocenters. The molecule has 0 aliphatic carbocycles. The van der Waals surface area contributed by atoms with E-state index < -0.39 is 0 Å². The van der Waals surface area contributed by atoms with Gasteiger partial charge in [-0.1, -0.05) is 18.7 Å². The monoisotopic (exact) mass is 454 g/mol. The molecule has 2 aromatic heterocycles. The summed E-state index contributed by atoms with van der Waals surface area (Å²) < 4.78 is 9.53. The zero-order valence-electron chi connectivity index (χ0n) is 19.3. The van der Waals surface area contributed by atoms with E-state index in [1.165, 1.54) is 11.6 Å². The summed E-state index contributed by atoms with van der Waals surface area (Å²) in [6, 6.07) is 15.2. The molecule has 1 aliphatic rings. The van der Waals surface area contributed by atoms with Gasteiger partial charge in [0.15, 0.2) is 0 Å². The fraction of sp³-hybridized carbons (Fsp3) is 0.222. The van der Waals surface area contributed by atoms with E-state index in [9.17, 15) is 9.59 Å². The predicted molar refractivity (Wildman–Crippen MR) is 132 cm³/mol. The van der Waals surface area contributed by atoms with Crippen LogP contribution in [0, 0.1) is 13.8 Å². The number of rotatable bonds is 5. The molecule has 4 aromatic rings. The average Bonchev–Trinajstić information content (AvgIpc) is 3.44. The van der Waals surface area contributed by atoms with Gasteiger partial charge in [-0.25, -0.2) is 4.79 Å². The van der Waals surface area contributed by atoms with Crippen molar-refractivity contribution in [3.63, 3.8) is 0 Å². The minimum absolute atomic E-state index is 0.102. The number of hydrogen-bond acceptors (Lipinski definition) is 4. The van der Waals surface area contributed by atoms with Crippen molar-refractivity contribution in [3.8, 4) is 17.2 Å². The highest BCUT2D eigenvalue weighted by molar-refractivity contribution is 5.87. The molecular weight excluding hydrogens is 428 g/mol. The Morgan fingerprint density at radius 2 is 1.91 bits per heavy atom. The van der Waals surface area contributed by atoms with E-state index in [2.05, 4.69) is 24.6 Å². The molecule has 5 rings (SSSR count). The van der Waals surface area contributed by atoms with E-state index in [1.54, 1.807) is 26.4 Å². The van der Waals surface area contributed by atoms with Crippen LogP contribution in [-0.4, -0.2) is 38.0 Å². The number of hydrogen-bond donors (Lipinski definition) is 0. The number of ether oxygens (including phenoxy) is 1. The van der Waals surface area contributed by atoms with Crippen molar-refractivity contribution >= 4 is 16.9 Å². The van der Waals surface area contributed by atoms with Gasteiger partial charge in [0.05, 0.1) is 29.0 Å². The summed E-state index contributed by atoms with van der Waals surface area (Å²) in [5, 5.41) is 0. The molecule has 34 heavy (non-hydrogen) atoms. The maximum absolute atomic E-state index is 13.6. The van der Waals surface area contributed by atoms with Crippen LogP contribution in [0.2, 0.25) is 0 Å². The van der Waals surface area contributed by atoms with E-state index >= 15 is 0 Å². The van der Waals surface area contributed by atoms with Gasteiger partial charge in [0.1, 0.15) is 11.5 Å². The smallest absolute Gasteiger partial charge is 0.334 e. The Hall–Kier alpha value is -4.13. The first-order chi connectivity index (χ1) is 16.5. The minimum atomic E-state index is -0.149. The first kappa shape index (κ1) is 21.7. The molecular formula is C27H26N4O3. The second-order valence-electron chi connectivity index (χ2n) is 8.58. The van der Waals surface area contributed by atoms with Gasteiger partial charge in [-0.2, -0.15) is 0 Å². The van der Waals surface area contributed by atoms with E-state index in [-0.39, 0.29) is 17.6 Å². The summed E-state index contributed by atoms with van der Waals surface area (Å²) in [5.41, 5.74) is 4.37. The Balaban J connectivity index is 1.50. The van der Waals surface area contributed by atoms with Gasteiger partial charge in [-0.05, 0) is 73.9 Å². The molecule has 1 aliphatic heterocycles. The Morgan fingerprint density at radius 3 is 2.68 bits per heavy atom. The maximum Gasteiger partial charge on any atom is 0.334 e. The number of carbonyl (C=O) groups is 1. The van der Waals surface area contributed by atoms with Crippen LogP contribution in [0.5, 0.6) is 11.5 Å². The molecule has 1 amide bonds. The number of pyridine rings is 1. The zero-order valence-corrected chi connectivity index (χ0v) is 19.3. The van der Waals surface area contributed by atoms with Crippen LogP contribution in [0.15, 0.2) is 78.4 Å². The first-order valence-corrected chi connectivity index (χ1v) is 11.3.